The highest BCUT2D eigenvalue weighted by Crippen LogP contribution is 2.38. The first kappa shape index (κ1) is 25.8. The number of benzene rings is 2. The molecule has 2 heterocycles. The van der Waals surface area contributed by atoms with Crippen LogP contribution in [0.1, 0.15) is 61.0 Å². The number of fused-ring (bicyclic) bond motifs is 1. The molecule has 0 bridgehead atoms. The zero-order valence-electron chi connectivity index (χ0n) is 21.7. The summed E-state index contributed by atoms with van der Waals surface area (Å²) in [4.78, 5) is 30.5. The Kier molecular flexibility index (Phi) is 6.99. The molecule has 0 spiro atoms. The molecule has 37 heavy (non-hydrogen) atoms. The first-order chi connectivity index (χ1) is 17.5. The Labute approximate surface area is 215 Å². The van der Waals surface area contributed by atoms with Gasteiger partial charge < -0.3 is 14.5 Å². The Hall–Kier alpha value is -4.26. The molecular formula is C30H29FN2O4. The number of allylic oxidation sites excluding steroid dienone is 2. The second kappa shape index (κ2) is 10.0. The van der Waals surface area contributed by atoms with E-state index in [1.54, 1.807) is 30.3 Å². The molecule has 1 amide bonds. The normalized spacial score (nSPS) is 12.0. The number of hydrogen-bond donors (Lipinski definition) is 1. The highest BCUT2D eigenvalue weighted by Gasteiger charge is 2.25. The van der Waals surface area contributed by atoms with Gasteiger partial charge in [0.15, 0.2) is 0 Å². The van der Waals surface area contributed by atoms with E-state index in [-0.39, 0.29) is 11.6 Å². The topological polar surface area (TPSA) is 81.4 Å². The molecule has 6 nitrogen and oxygen atoms in total. The van der Waals surface area contributed by atoms with Crippen LogP contribution in [0.2, 0.25) is 0 Å². The number of halogens is 1. The molecule has 0 aliphatic heterocycles. The van der Waals surface area contributed by atoms with E-state index in [2.05, 4.69) is 5.32 Å². The molecule has 2 aromatic carbocycles. The number of nitrogens with one attached hydrogen (secondary N) is 1. The quantitative estimate of drug-likeness (QED) is 0.297. The summed E-state index contributed by atoms with van der Waals surface area (Å²) >= 11 is 0. The van der Waals surface area contributed by atoms with Crippen LogP contribution in [0.15, 0.2) is 65.1 Å². The highest BCUT2D eigenvalue weighted by molar-refractivity contribution is 6.11. The number of nitrogens with zero attached hydrogens (tertiary/aromatic N) is 1. The van der Waals surface area contributed by atoms with Gasteiger partial charge in [-0.15, -0.1) is 0 Å². The number of aromatic nitrogens is 1. The number of hydrogen-bond acceptors (Lipinski definition) is 5. The van der Waals surface area contributed by atoms with Gasteiger partial charge in [-0.2, -0.15) is 0 Å². The summed E-state index contributed by atoms with van der Waals surface area (Å²) in [6.07, 6.45) is 1.93. The van der Waals surface area contributed by atoms with Crippen molar-refractivity contribution in [3.05, 3.63) is 83.3 Å². The molecule has 4 aromatic rings. The SMILES string of the molecule is CC=C(C)c1nc2oc(-c3ccc(F)cc3)c(C(=O)NC)c2cc1-c1cccc(C(=O)OC(C)(C)C)c1. The van der Waals surface area contributed by atoms with E-state index in [1.807, 2.05) is 52.8 Å². The largest absolute Gasteiger partial charge is 0.456 e. The van der Waals surface area contributed by atoms with Crippen molar-refractivity contribution in [3.8, 4) is 22.5 Å². The lowest BCUT2D eigenvalue weighted by Crippen LogP contribution is -2.23. The predicted molar refractivity (Wildman–Crippen MR) is 143 cm³/mol. The summed E-state index contributed by atoms with van der Waals surface area (Å²) < 4.78 is 25.2. The van der Waals surface area contributed by atoms with Crippen molar-refractivity contribution >= 4 is 28.5 Å². The van der Waals surface area contributed by atoms with E-state index in [0.29, 0.717) is 33.5 Å². The van der Waals surface area contributed by atoms with Crippen molar-refractivity contribution in [2.75, 3.05) is 7.05 Å². The number of rotatable bonds is 5. The highest BCUT2D eigenvalue weighted by atomic mass is 19.1. The van der Waals surface area contributed by atoms with Gasteiger partial charge in [0.05, 0.1) is 22.2 Å². The number of ether oxygens (including phenoxy) is 1. The van der Waals surface area contributed by atoms with E-state index < -0.39 is 17.4 Å². The Morgan fingerprint density at radius 1 is 1.05 bits per heavy atom. The van der Waals surface area contributed by atoms with Gasteiger partial charge >= 0.3 is 5.97 Å². The third-order valence-electron chi connectivity index (χ3n) is 5.86. The van der Waals surface area contributed by atoms with Crippen LogP contribution in [-0.4, -0.2) is 29.5 Å². The molecule has 0 saturated carbocycles. The average molecular weight is 501 g/mol. The van der Waals surface area contributed by atoms with E-state index in [0.717, 1.165) is 16.7 Å². The Balaban J connectivity index is 1.97. The molecule has 0 aliphatic carbocycles. The van der Waals surface area contributed by atoms with Gasteiger partial charge in [-0.3, -0.25) is 4.79 Å². The summed E-state index contributed by atoms with van der Waals surface area (Å²) in [7, 11) is 1.53. The van der Waals surface area contributed by atoms with Gasteiger partial charge in [-0.05, 0) is 88.2 Å². The summed E-state index contributed by atoms with van der Waals surface area (Å²) in [6, 6.07) is 14.7. The molecule has 7 heteroatoms. The minimum atomic E-state index is -0.629. The van der Waals surface area contributed by atoms with Crippen LogP contribution in [0.25, 0.3) is 39.1 Å². The molecule has 0 atom stereocenters. The molecular weight excluding hydrogens is 471 g/mol. The molecule has 190 valence electrons. The molecule has 4 rings (SSSR count). The number of esters is 1. The Bertz CT molecular complexity index is 1530. The maximum Gasteiger partial charge on any atom is 0.338 e. The summed E-state index contributed by atoms with van der Waals surface area (Å²) in [5.41, 5.74) is 3.91. The first-order valence-corrected chi connectivity index (χ1v) is 11.9. The second-order valence-corrected chi connectivity index (χ2v) is 9.68. The van der Waals surface area contributed by atoms with Crippen LogP contribution in [0, 0.1) is 5.82 Å². The van der Waals surface area contributed by atoms with Gasteiger partial charge in [0.1, 0.15) is 17.2 Å². The zero-order chi connectivity index (χ0) is 26.9. The summed E-state index contributed by atoms with van der Waals surface area (Å²) in [5, 5.41) is 3.16. The molecule has 0 aliphatic rings. The lowest BCUT2D eigenvalue weighted by molar-refractivity contribution is 0.00694. The number of carbonyl (C=O) groups is 2. The predicted octanol–water partition coefficient (Wildman–Crippen LogP) is 7.04. The van der Waals surface area contributed by atoms with Crippen molar-refractivity contribution < 1.29 is 23.1 Å². The van der Waals surface area contributed by atoms with Gasteiger partial charge in [0.25, 0.3) is 5.91 Å². The van der Waals surface area contributed by atoms with Crippen molar-refractivity contribution in [3.63, 3.8) is 0 Å². The van der Waals surface area contributed by atoms with Gasteiger partial charge in [-0.1, -0.05) is 18.2 Å². The van der Waals surface area contributed by atoms with Crippen LogP contribution >= 0.6 is 0 Å². The van der Waals surface area contributed by atoms with Crippen LogP contribution < -0.4 is 5.32 Å². The number of pyridine rings is 1. The first-order valence-electron chi connectivity index (χ1n) is 11.9. The molecule has 0 saturated heterocycles. The van der Waals surface area contributed by atoms with Crippen LogP contribution in [0.3, 0.4) is 0 Å². The van der Waals surface area contributed by atoms with Gasteiger partial charge in [-0.25, -0.2) is 14.2 Å². The van der Waals surface area contributed by atoms with E-state index in [4.69, 9.17) is 14.1 Å². The summed E-state index contributed by atoms with van der Waals surface area (Å²) in [5.74, 6) is -0.882. The van der Waals surface area contributed by atoms with Crippen LogP contribution in [0.5, 0.6) is 0 Å². The maximum atomic E-state index is 13.6. The smallest absolute Gasteiger partial charge is 0.338 e. The standard InChI is InChI=1S/C30H29FN2O4/c1-7-17(2)25-22(19-9-8-10-20(15-19)29(35)37-30(3,4)5)16-23-24(27(34)32-6)26(36-28(23)33-25)18-11-13-21(31)14-12-18/h7-16H,1-6H3,(H,32,34). The minimum Gasteiger partial charge on any atom is -0.456 e. The molecule has 0 unspecified atom stereocenters. The third kappa shape index (κ3) is 5.31. The fraction of sp³-hybridized carbons (Fsp3) is 0.233. The number of amides is 1. The van der Waals surface area contributed by atoms with Gasteiger partial charge in [0, 0.05) is 18.2 Å². The third-order valence-corrected chi connectivity index (χ3v) is 5.86. The van der Waals surface area contributed by atoms with Crippen molar-refractivity contribution in [2.45, 2.75) is 40.2 Å². The fourth-order valence-corrected chi connectivity index (χ4v) is 3.99. The van der Waals surface area contributed by atoms with Crippen molar-refractivity contribution in [2.24, 2.45) is 0 Å². The monoisotopic (exact) mass is 500 g/mol. The number of carbonyl (C=O) groups excluding carboxylic acids is 2. The minimum absolute atomic E-state index is 0.279. The zero-order valence-corrected chi connectivity index (χ0v) is 21.7. The molecule has 0 fully saturated rings. The Morgan fingerprint density at radius 2 is 1.76 bits per heavy atom. The lowest BCUT2D eigenvalue weighted by Gasteiger charge is -2.19. The van der Waals surface area contributed by atoms with Crippen molar-refractivity contribution in [1.29, 1.82) is 0 Å². The lowest BCUT2D eigenvalue weighted by atomic mass is 9.96. The average Bonchev–Trinajstić information content (AvgIpc) is 3.25. The molecule has 2 aromatic heterocycles. The van der Waals surface area contributed by atoms with Gasteiger partial charge in [0.2, 0.25) is 5.71 Å². The second-order valence-electron chi connectivity index (χ2n) is 9.68. The molecule has 0 radical (unpaired) electrons. The fourth-order valence-electron chi connectivity index (χ4n) is 3.99. The van der Waals surface area contributed by atoms with E-state index in [1.165, 1.54) is 19.2 Å². The van der Waals surface area contributed by atoms with Crippen molar-refractivity contribution in [1.82, 2.24) is 10.3 Å². The molecule has 1 N–H and O–H groups in total. The van der Waals surface area contributed by atoms with E-state index in [9.17, 15) is 14.0 Å². The maximum absolute atomic E-state index is 13.6. The Morgan fingerprint density at radius 3 is 2.38 bits per heavy atom. The van der Waals surface area contributed by atoms with Crippen LogP contribution in [0.4, 0.5) is 4.39 Å². The number of furan rings is 1. The van der Waals surface area contributed by atoms with Crippen LogP contribution in [-0.2, 0) is 4.74 Å². The van der Waals surface area contributed by atoms with E-state index >= 15 is 0 Å². The summed E-state index contributed by atoms with van der Waals surface area (Å²) in [6.45, 7) is 9.29.